The average Bonchev–Trinajstić information content (AvgIpc) is 3.39. The first-order valence-corrected chi connectivity index (χ1v) is 26.7. The molecule has 6 aromatic rings. The van der Waals surface area contributed by atoms with Gasteiger partial charge in [-0.2, -0.15) is 9.59 Å². The first-order chi connectivity index (χ1) is 36.3. The van der Waals surface area contributed by atoms with E-state index in [-0.39, 0.29) is 12.6 Å². The first-order valence-electron chi connectivity index (χ1n) is 25.2. The maximum absolute atomic E-state index is 11.2. The van der Waals surface area contributed by atoms with Crippen LogP contribution in [0.5, 0.6) is 11.5 Å². The van der Waals surface area contributed by atoms with Gasteiger partial charge in [0, 0.05) is 42.1 Å². The molecule has 2 saturated carbocycles. The molecule has 76 heavy (non-hydrogen) atoms. The summed E-state index contributed by atoms with van der Waals surface area (Å²) in [7, 11) is 11.8. The summed E-state index contributed by atoms with van der Waals surface area (Å²) in [4.78, 5) is 30.5. The van der Waals surface area contributed by atoms with Gasteiger partial charge in [0.1, 0.15) is 11.5 Å². The second kappa shape index (κ2) is 31.6. The highest BCUT2D eigenvalue weighted by molar-refractivity contribution is 6.39. The summed E-state index contributed by atoms with van der Waals surface area (Å²) in [5, 5.41) is 41.6. The minimum absolute atomic E-state index is 0.175. The van der Waals surface area contributed by atoms with Gasteiger partial charge < -0.3 is 50.0 Å². The zero-order valence-electron chi connectivity index (χ0n) is 44.4. The molecule has 4 atom stereocenters. The average molecular weight is 1120 g/mol. The van der Waals surface area contributed by atoms with Crippen LogP contribution in [0.4, 0.5) is 22.7 Å². The van der Waals surface area contributed by atoms with Crippen molar-refractivity contribution < 1.29 is 44.1 Å². The maximum Gasteiger partial charge on any atom is 0.373 e. The van der Waals surface area contributed by atoms with Crippen molar-refractivity contribution >= 4 is 81.3 Å². The SMILES string of the molecule is COc1cccc(C2(O)CCCCC2CN(C)C)c1.COc1cccc(C2(O)CCCCC2C[NH+](C)C)c1.Cc1ccccc1Nc1c(Cl)cccc1Cl.O=C([O-])Cc1ccccc1Nc1c(Cl)cccc1Cl.O=C=O. The van der Waals surface area contributed by atoms with Crippen molar-refractivity contribution in [3.63, 3.8) is 0 Å². The summed E-state index contributed by atoms with van der Waals surface area (Å²) in [5.74, 6) is 1.13. The Morgan fingerprint density at radius 1 is 0.658 bits per heavy atom. The predicted octanol–water partition coefficient (Wildman–Crippen LogP) is 11.3. The number of aliphatic carboxylic acids is 1. The summed E-state index contributed by atoms with van der Waals surface area (Å²) >= 11 is 24.3. The lowest BCUT2D eigenvalue weighted by Gasteiger charge is -2.41. The van der Waals surface area contributed by atoms with Crippen LogP contribution in [0.3, 0.4) is 0 Å². The van der Waals surface area contributed by atoms with Crippen molar-refractivity contribution in [2.75, 3.05) is 66.1 Å². The third-order valence-corrected chi connectivity index (χ3v) is 14.7. The zero-order chi connectivity index (χ0) is 55.8. The number of anilines is 4. The molecule has 0 bridgehead atoms. The number of carboxylic acids is 1. The molecule has 0 radical (unpaired) electrons. The molecule has 2 fully saturated rings. The number of hydrogen-bond acceptors (Lipinski definition) is 11. The lowest BCUT2D eigenvalue weighted by molar-refractivity contribution is -0.863. The van der Waals surface area contributed by atoms with Gasteiger partial charge >= 0.3 is 6.15 Å². The number of carboxylic acid groups (broad SMARTS) is 1. The third kappa shape index (κ3) is 18.8. The molecule has 6 aromatic carbocycles. The Morgan fingerprint density at radius 3 is 1.53 bits per heavy atom. The van der Waals surface area contributed by atoms with E-state index < -0.39 is 17.2 Å². The number of aryl methyl sites for hydroxylation is 1. The molecule has 16 heteroatoms. The van der Waals surface area contributed by atoms with E-state index in [1.807, 2.05) is 97.9 Å². The Labute approximate surface area is 468 Å². The van der Waals surface area contributed by atoms with Gasteiger partial charge in [0.15, 0.2) is 0 Å². The molecule has 2 aliphatic carbocycles. The minimum Gasteiger partial charge on any atom is -0.550 e. The van der Waals surface area contributed by atoms with Crippen LogP contribution in [0.15, 0.2) is 133 Å². The van der Waals surface area contributed by atoms with Gasteiger partial charge in [-0.05, 0) is 130 Å². The molecule has 0 aliphatic heterocycles. The number of benzene rings is 6. The van der Waals surface area contributed by atoms with Crippen LogP contribution in [0.25, 0.3) is 0 Å². The number of rotatable bonds is 14. The van der Waals surface area contributed by atoms with E-state index in [0.717, 1.165) is 91.2 Å². The second-order valence-electron chi connectivity index (χ2n) is 19.4. The van der Waals surface area contributed by atoms with Crippen molar-refractivity contribution in [2.45, 2.75) is 75.9 Å². The van der Waals surface area contributed by atoms with Crippen molar-refractivity contribution in [3.05, 3.63) is 176 Å². The van der Waals surface area contributed by atoms with E-state index >= 15 is 0 Å². The fourth-order valence-corrected chi connectivity index (χ4v) is 10.6. The molecule has 0 saturated heterocycles. The maximum atomic E-state index is 11.2. The number of carbonyl (C=O) groups is 1. The van der Waals surface area contributed by atoms with Gasteiger partial charge in [0.25, 0.3) is 0 Å². The Bertz CT molecular complexity index is 2670. The molecule has 5 N–H and O–H groups in total. The van der Waals surface area contributed by atoms with Gasteiger partial charge in [0.05, 0.1) is 77.5 Å². The topological polar surface area (TPSA) is 165 Å². The van der Waals surface area contributed by atoms with Crippen molar-refractivity contribution in [2.24, 2.45) is 11.8 Å². The molecular formula is C60H72Cl4N4O8. The van der Waals surface area contributed by atoms with E-state index in [9.17, 15) is 20.1 Å². The number of para-hydroxylation sites is 4. The molecular weight excluding hydrogens is 1050 g/mol. The van der Waals surface area contributed by atoms with E-state index in [1.54, 1.807) is 56.7 Å². The minimum atomic E-state index is -1.14. The second-order valence-corrected chi connectivity index (χ2v) is 21.0. The molecule has 0 spiro atoms. The number of nitrogens with zero attached hydrogens (tertiary/aromatic N) is 1. The molecule has 0 amide bonds. The number of quaternary nitrogens is 1. The number of aliphatic hydroxyl groups is 2. The van der Waals surface area contributed by atoms with Crippen LogP contribution < -0.4 is 30.1 Å². The first kappa shape index (κ1) is 62.9. The normalized spacial score (nSPS) is 18.6. The molecule has 0 heterocycles. The fourth-order valence-electron chi connectivity index (χ4n) is 9.62. The molecule has 8 rings (SSSR count). The highest BCUT2D eigenvalue weighted by Crippen LogP contribution is 2.44. The van der Waals surface area contributed by atoms with Gasteiger partial charge in [-0.1, -0.05) is 145 Å². The Morgan fingerprint density at radius 2 is 1.08 bits per heavy atom. The largest absolute Gasteiger partial charge is 0.550 e. The number of ether oxygens (including phenoxy) is 2. The zero-order valence-corrected chi connectivity index (χ0v) is 47.5. The van der Waals surface area contributed by atoms with Crippen molar-refractivity contribution in [1.29, 1.82) is 0 Å². The van der Waals surface area contributed by atoms with Crippen LogP contribution in [-0.4, -0.2) is 82.7 Å². The van der Waals surface area contributed by atoms with Crippen LogP contribution in [-0.2, 0) is 32.0 Å². The fraction of sp³-hybridized carbons (Fsp3) is 0.367. The Kier molecular flexibility index (Phi) is 26.1. The summed E-state index contributed by atoms with van der Waals surface area (Å²) in [6, 6.07) is 41.5. The van der Waals surface area contributed by atoms with Gasteiger partial charge in [-0.25, -0.2) is 0 Å². The molecule has 0 aromatic heterocycles. The van der Waals surface area contributed by atoms with Crippen molar-refractivity contribution in [1.82, 2.24) is 4.90 Å². The summed E-state index contributed by atoms with van der Waals surface area (Å²) < 4.78 is 10.6. The van der Waals surface area contributed by atoms with E-state index in [0.29, 0.717) is 48.9 Å². The number of nitrogens with one attached hydrogen (secondary N) is 3. The Balaban J connectivity index is 0.000000215. The van der Waals surface area contributed by atoms with Crippen LogP contribution in [0, 0.1) is 18.8 Å². The number of halogens is 4. The highest BCUT2D eigenvalue weighted by atomic mass is 35.5. The van der Waals surface area contributed by atoms with E-state index in [4.69, 9.17) is 65.5 Å². The summed E-state index contributed by atoms with van der Waals surface area (Å²) in [6.45, 7) is 3.97. The highest BCUT2D eigenvalue weighted by Gasteiger charge is 2.42. The van der Waals surface area contributed by atoms with Crippen LogP contribution in [0.1, 0.15) is 73.6 Å². The molecule has 4 unspecified atom stereocenters. The lowest BCUT2D eigenvalue weighted by atomic mass is 9.71. The predicted molar refractivity (Wildman–Crippen MR) is 305 cm³/mol. The van der Waals surface area contributed by atoms with Crippen molar-refractivity contribution in [3.8, 4) is 11.5 Å². The quantitative estimate of drug-likeness (QED) is 0.0705. The smallest absolute Gasteiger partial charge is 0.373 e. The Hall–Kier alpha value is -5.63. The third-order valence-electron chi connectivity index (χ3n) is 13.4. The monoisotopic (exact) mass is 1120 g/mol. The van der Waals surface area contributed by atoms with Gasteiger partial charge in [-0.15, -0.1) is 0 Å². The van der Waals surface area contributed by atoms with Crippen LogP contribution >= 0.6 is 46.4 Å². The van der Waals surface area contributed by atoms with Crippen LogP contribution in [0.2, 0.25) is 20.1 Å². The number of carbonyl (C=O) groups excluding carboxylic acids is 3. The standard InChI is InChI=1S/2C16H25NO2.C14H11Cl2NO2.C13H11Cl2N.CO2/c2*1-17(2)12-14-7-4-5-10-16(14,18)13-8-6-9-15(11-13)19-3;15-10-5-3-6-11(16)14(10)17-12-7-2-1-4-9(12)8-13(18)19;1-9-5-2-3-8-12(9)16-13-10(14)6-4-7-11(13)15;2-1-3/h2*6,8-9,11,14,18H,4-5,7,10,12H2,1-3H3;1-7,17H,8H2,(H,18,19);2-8,16H,1H3;. The van der Waals surface area contributed by atoms with E-state index in [2.05, 4.69) is 43.7 Å². The summed E-state index contributed by atoms with van der Waals surface area (Å²) in [6.07, 6.45) is 8.62. The number of hydrogen-bond donors (Lipinski definition) is 5. The molecule has 12 nitrogen and oxygen atoms in total. The number of methoxy groups -OCH3 is 2. The summed E-state index contributed by atoms with van der Waals surface area (Å²) in [5.41, 5.74) is 5.32. The molecule has 2 aliphatic rings. The van der Waals surface area contributed by atoms with Gasteiger partial charge in [0.2, 0.25) is 0 Å². The van der Waals surface area contributed by atoms with E-state index in [1.165, 1.54) is 17.7 Å². The van der Waals surface area contributed by atoms with Gasteiger partial charge in [-0.3, -0.25) is 0 Å². The lowest BCUT2D eigenvalue weighted by Crippen LogP contribution is -3.06. The molecule has 408 valence electrons.